The van der Waals surface area contributed by atoms with Crippen molar-refractivity contribution in [2.24, 2.45) is 5.84 Å². The second-order valence-corrected chi connectivity index (χ2v) is 5.41. The third-order valence-electron chi connectivity index (χ3n) is 3.24. The summed E-state index contributed by atoms with van der Waals surface area (Å²) >= 11 is 12.0. The Bertz CT molecular complexity index is 783. The molecule has 0 aliphatic carbocycles. The summed E-state index contributed by atoms with van der Waals surface area (Å²) in [5, 5.41) is 1.68. The number of hydrazine groups is 1. The Morgan fingerprint density at radius 3 is 2.67 bits per heavy atom. The van der Waals surface area contributed by atoms with Gasteiger partial charge in [-0.1, -0.05) is 29.3 Å². The lowest BCUT2D eigenvalue weighted by atomic mass is 10.0. The molecule has 6 heteroatoms. The van der Waals surface area contributed by atoms with Gasteiger partial charge in [-0.2, -0.15) is 0 Å². The number of nitrogens with one attached hydrogen (secondary N) is 1. The molecule has 0 spiro atoms. The molecule has 1 aromatic heterocycles. The summed E-state index contributed by atoms with van der Waals surface area (Å²) in [5.74, 6) is 5.57. The lowest BCUT2D eigenvalue weighted by molar-refractivity contribution is 0.463. The van der Waals surface area contributed by atoms with Gasteiger partial charge >= 0.3 is 0 Å². The number of benzene rings is 2. The Balaban J connectivity index is 2.14. The number of hydrogen-bond acceptors (Lipinski definition) is 3. The highest BCUT2D eigenvalue weighted by atomic mass is 35.5. The van der Waals surface area contributed by atoms with E-state index in [4.69, 9.17) is 33.5 Å². The van der Waals surface area contributed by atoms with Gasteiger partial charge in [0, 0.05) is 21.0 Å². The Hall–Kier alpha value is -1.59. The van der Waals surface area contributed by atoms with Crippen molar-refractivity contribution in [2.75, 3.05) is 0 Å². The molecule has 1 atom stereocenters. The quantitative estimate of drug-likeness (QED) is 0.553. The van der Waals surface area contributed by atoms with Gasteiger partial charge in [-0.3, -0.25) is 5.84 Å². The molecule has 0 bridgehead atoms. The van der Waals surface area contributed by atoms with Crippen molar-refractivity contribution in [1.82, 2.24) is 5.43 Å². The van der Waals surface area contributed by atoms with E-state index in [-0.39, 0.29) is 10.6 Å². The average Bonchev–Trinajstić information content (AvgIpc) is 2.85. The van der Waals surface area contributed by atoms with Crippen LogP contribution in [0.4, 0.5) is 4.39 Å². The van der Waals surface area contributed by atoms with Crippen molar-refractivity contribution in [2.45, 2.75) is 6.04 Å². The number of rotatable bonds is 3. The SMILES string of the molecule is NNC(c1cc2cc(Cl)ccc2o1)c1c(F)cccc1Cl. The average molecular weight is 325 g/mol. The summed E-state index contributed by atoms with van der Waals surface area (Å²) in [4.78, 5) is 0. The summed E-state index contributed by atoms with van der Waals surface area (Å²) < 4.78 is 19.8. The van der Waals surface area contributed by atoms with E-state index in [1.54, 1.807) is 30.3 Å². The van der Waals surface area contributed by atoms with Crippen LogP contribution in [0.5, 0.6) is 0 Å². The predicted molar refractivity (Wildman–Crippen MR) is 81.8 cm³/mol. The van der Waals surface area contributed by atoms with E-state index in [1.165, 1.54) is 12.1 Å². The van der Waals surface area contributed by atoms with E-state index in [1.807, 2.05) is 0 Å². The Labute approximate surface area is 130 Å². The van der Waals surface area contributed by atoms with Crippen LogP contribution in [-0.2, 0) is 0 Å². The number of furan rings is 1. The third kappa shape index (κ3) is 2.63. The highest BCUT2D eigenvalue weighted by Gasteiger charge is 2.23. The Morgan fingerprint density at radius 1 is 1.14 bits per heavy atom. The molecule has 1 unspecified atom stereocenters. The first-order valence-corrected chi connectivity index (χ1v) is 6.95. The summed E-state index contributed by atoms with van der Waals surface area (Å²) in [7, 11) is 0. The first-order valence-electron chi connectivity index (χ1n) is 6.19. The van der Waals surface area contributed by atoms with Crippen LogP contribution in [0.2, 0.25) is 10.0 Å². The van der Waals surface area contributed by atoms with Crippen molar-refractivity contribution >= 4 is 34.2 Å². The summed E-state index contributed by atoms with van der Waals surface area (Å²) in [6, 6.07) is 10.8. The highest BCUT2D eigenvalue weighted by Crippen LogP contribution is 2.33. The number of fused-ring (bicyclic) bond motifs is 1. The normalized spacial score (nSPS) is 12.8. The Morgan fingerprint density at radius 2 is 1.95 bits per heavy atom. The highest BCUT2D eigenvalue weighted by molar-refractivity contribution is 6.31. The molecule has 1 heterocycles. The minimum absolute atomic E-state index is 0.242. The molecule has 3 nitrogen and oxygen atoms in total. The lowest BCUT2D eigenvalue weighted by Gasteiger charge is -2.16. The number of halogens is 3. The molecule has 3 N–H and O–H groups in total. The first kappa shape index (κ1) is 14.4. The summed E-state index contributed by atoms with van der Waals surface area (Å²) in [6.07, 6.45) is 0. The molecule has 0 aliphatic rings. The zero-order valence-corrected chi connectivity index (χ0v) is 12.3. The summed E-state index contributed by atoms with van der Waals surface area (Å²) in [5.41, 5.74) is 3.42. The van der Waals surface area contributed by atoms with E-state index in [2.05, 4.69) is 5.43 Å². The second kappa shape index (κ2) is 5.66. The van der Waals surface area contributed by atoms with Gasteiger partial charge in [-0.05, 0) is 36.4 Å². The van der Waals surface area contributed by atoms with Crippen LogP contribution in [0.15, 0.2) is 46.9 Å². The van der Waals surface area contributed by atoms with E-state index in [0.717, 1.165) is 5.39 Å². The van der Waals surface area contributed by atoms with E-state index >= 15 is 0 Å². The topological polar surface area (TPSA) is 51.2 Å². The van der Waals surface area contributed by atoms with Crippen molar-refractivity contribution in [1.29, 1.82) is 0 Å². The largest absolute Gasteiger partial charge is 0.459 e. The molecule has 2 aromatic carbocycles. The second-order valence-electron chi connectivity index (χ2n) is 4.57. The van der Waals surface area contributed by atoms with Crippen LogP contribution < -0.4 is 11.3 Å². The molecule has 0 radical (unpaired) electrons. The molecule has 21 heavy (non-hydrogen) atoms. The van der Waals surface area contributed by atoms with Gasteiger partial charge < -0.3 is 4.42 Å². The van der Waals surface area contributed by atoms with Crippen molar-refractivity contribution < 1.29 is 8.81 Å². The van der Waals surface area contributed by atoms with Crippen molar-refractivity contribution in [3.8, 4) is 0 Å². The minimum atomic E-state index is -0.690. The van der Waals surface area contributed by atoms with E-state index < -0.39 is 11.9 Å². The minimum Gasteiger partial charge on any atom is -0.459 e. The molecular formula is C15H11Cl2FN2O. The van der Waals surface area contributed by atoms with Crippen LogP contribution in [-0.4, -0.2) is 0 Å². The lowest BCUT2D eigenvalue weighted by Crippen LogP contribution is -2.29. The molecule has 3 aromatic rings. The number of nitrogens with two attached hydrogens (primary N) is 1. The van der Waals surface area contributed by atoms with Gasteiger partial charge in [0.15, 0.2) is 0 Å². The van der Waals surface area contributed by atoms with Gasteiger partial charge in [-0.15, -0.1) is 0 Å². The Kier molecular flexibility index (Phi) is 3.87. The summed E-state index contributed by atoms with van der Waals surface area (Å²) in [6.45, 7) is 0. The predicted octanol–water partition coefficient (Wildman–Crippen LogP) is 4.43. The molecule has 0 saturated carbocycles. The zero-order chi connectivity index (χ0) is 15.0. The molecule has 0 aliphatic heterocycles. The van der Waals surface area contributed by atoms with Gasteiger partial charge in [0.25, 0.3) is 0 Å². The first-order chi connectivity index (χ1) is 10.1. The van der Waals surface area contributed by atoms with Gasteiger partial charge in [0.05, 0.1) is 0 Å². The molecular weight excluding hydrogens is 314 g/mol. The maximum absolute atomic E-state index is 14.1. The maximum Gasteiger partial charge on any atom is 0.134 e. The van der Waals surface area contributed by atoms with Crippen LogP contribution in [0, 0.1) is 5.82 Å². The molecule has 0 amide bonds. The van der Waals surface area contributed by atoms with Crippen LogP contribution in [0.25, 0.3) is 11.0 Å². The van der Waals surface area contributed by atoms with Crippen molar-refractivity contribution in [3.63, 3.8) is 0 Å². The van der Waals surface area contributed by atoms with Crippen LogP contribution >= 0.6 is 23.2 Å². The maximum atomic E-state index is 14.1. The molecule has 108 valence electrons. The zero-order valence-electron chi connectivity index (χ0n) is 10.7. The standard InChI is InChI=1S/C15H11Cl2FN2O/c16-9-4-5-12-8(6-9)7-13(21-12)15(20-19)14-10(17)2-1-3-11(14)18/h1-7,15,20H,19H2. The molecule has 3 rings (SSSR count). The van der Waals surface area contributed by atoms with Crippen molar-refractivity contribution in [3.05, 3.63) is 69.7 Å². The molecule has 0 fully saturated rings. The fraction of sp³-hybridized carbons (Fsp3) is 0.0667. The van der Waals surface area contributed by atoms with Gasteiger partial charge in [-0.25, -0.2) is 9.82 Å². The van der Waals surface area contributed by atoms with E-state index in [0.29, 0.717) is 16.4 Å². The van der Waals surface area contributed by atoms with Crippen LogP contribution in [0.1, 0.15) is 17.4 Å². The fourth-order valence-electron chi connectivity index (χ4n) is 2.27. The molecule has 0 saturated heterocycles. The van der Waals surface area contributed by atoms with Crippen LogP contribution in [0.3, 0.4) is 0 Å². The van der Waals surface area contributed by atoms with E-state index in [9.17, 15) is 4.39 Å². The fourth-order valence-corrected chi connectivity index (χ4v) is 2.72. The smallest absolute Gasteiger partial charge is 0.134 e. The van der Waals surface area contributed by atoms with Gasteiger partial charge in [0.2, 0.25) is 0 Å². The third-order valence-corrected chi connectivity index (χ3v) is 3.80. The number of hydrogen-bond donors (Lipinski definition) is 2. The van der Waals surface area contributed by atoms with Gasteiger partial charge in [0.1, 0.15) is 23.2 Å². The monoisotopic (exact) mass is 324 g/mol.